The summed E-state index contributed by atoms with van der Waals surface area (Å²) in [5, 5.41) is 3.83. The number of thioether (sulfide) groups is 1. The third-order valence-electron chi connectivity index (χ3n) is 4.12. The molecule has 2 nitrogen and oxygen atoms in total. The minimum absolute atomic E-state index is 0.769. The molecular weight excluding hydrogens is 216 g/mol. The van der Waals surface area contributed by atoms with Crippen LogP contribution in [0.25, 0.3) is 0 Å². The van der Waals surface area contributed by atoms with E-state index < -0.39 is 0 Å². The molecule has 94 valence electrons. The number of piperidine rings is 1. The zero-order chi connectivity index (χ0) is 11.4. The highest BCUT2D eigenvalue weighted by Crippen LogP contribution is 2.23. The monoisotopic (exact) mass is 242 g/mol. The molecule has 0 amide bonds. The van der Waals surface area contributed by atoms with Gasteiger partial charge < -0.3 is 10.2 Å². The Hall–Kier alpha value is 0.270. The summed E-state index contributed by atoms with van der Waals surface area (Å²) in [5.41, 5.74) is 0. The highest BCUT2D eigenvalue weighted by molar-refractivity contribution is 7.99. The molecule has 0 aromatic carbocycles. The van der Waals surface area contributed by atoms with Crippen LogP contribution in [0.2, 0.25) is 0 Å². The number of hydrogen-bond donors (Lipinski definition) is 1. The Bertz CT molecular complexity index is 204. The third kappa shape index (κ3) is 3.64. The summed E-state index contributed by atoms with van der Waals surface area (Å²) in [6, 6.07) is 0.769. The summed E-state index contributed by atoms with van der Waals surface area (Å²) in [7, 11) is 2.24. The molecule has 0 radical (unpaired) electrons. The third-order valence-corrected chi connectivity index (χ3v) is 5.17. The van der Waals surface area contributed by atoms with Gasteiger partial charge in [0.15, 0.2) is 0 Å². The van der Waals surface area contributed by atoms with Crippen LogP contribution >= 0.6 is 11.8 Å². The van der Waals surface area contributed by atoms with Crippen molar-refractivity contribution in [2.45, 2.75) is 32.2 Å². The molecule has 0 aliphatic carbocycles. The van der Waals surface area contributed by atoms with Gasteiger partial charge in [-0.05, 0) is 62.7 Å². The van der Waals surface area contributed by atoms with Crippen LogP contribution in [0.1, 0.15) is 26.2 Å². The van der Waals surface area contributed by atoms with E-state index in [0.29, 0.717) is 0 Å². The van der Waals surface area contributed by atoms with E-state index in [1.807, 2.05) is 0 Å². The van der Waals surface area contributed by atoms with Crippen molar-refractivity contribution in [3.63, 3.8) is 0 Å². The highest BCUT2D eigenvalue weighted by atomic mass is 32.2. The van der Waals surface area contributed by atoms with Crippen LogP contribution in [0.3, 0.4) is 0 Å². The van der Waals surface area contributed by atoms with E-state index >= 15 is 0 Å². The molecular formula is C13H26N2S. The molecule has 2 atom stereocenters. The number of likely N-dealkylation sites (tertiary alicyclic amines) is 1. The van der Waals surface area contributed by atoms with Crippen LogP contribution in [-0.4, -0.2) is 49.1 Å². The Balaban J connectivity index is 1.68. The van der Waals surface area contributed by atoms with E-state index in [9.17, 15) is 0 Å². The normalized spacial score (nSPS) is 34.1. The molecule has 2 unspecified atom stereocenters. The molecule has 1 N–H and O–H groups in total. The highest BCUT2D eigenvalue weighted by Gasteiger charge is 2.24. The van der Waals surface area contributed by atoms with Crippen molar-refractivity contribution in [2.75, 3.05) is 38.2 Å². The standard InChI is InChI=1S/C13H26N2S/c1-11-10-15(2)6-3-13(11)14-9-12-4-7-16-8-5-12/h11-14H,3-10H2,1-2H3. The first-order valence-corrected chi connectivity index (χ1v) is 7.91. The predicted molar refractivity (Wildman–Crippen MR) is 73.1 cm³/mol. The summed E-state index contributed by atoms with van der Waals surface area (Å²) in [4.78, 5) is 2.46. The maximum Gasteiger partial charge on any atom is 0.0117 e. The molecule has 2 heterocycles. The van der Waals surface area contributed by atoms with Gasteiger partial charge >= 0.3 is 0 Å². The Morgan fingerprint density at radius 3 is 2.69 bits per heavy atom. The minimum Gasteiger partial charge on any atom is -0.313 e. The molecule has 2 aliphatic rings. The van der Waals surface area contributed by atoms with Crippen LogP contribution < -0.4 is 5.32 Å². The molecule has 16 heavy (non-hydrogen) atoms. The summed E-state index contributed by atoms with van der Waals surface area (Å²) >= 11 is 2.13. The van der Waals surface area contributed by atoms with Crippen molar-refractivity contribution in [1.82, 2.24) is 10.2 Å². The lowest BCUT2D eigenvalue weighted by atomic mass is 9.93. The average molecular weight is 242 g/mol. The van der Waals surface area contributed by atoms with Crippen molar-refractivity contribution >= 4 is 11.8 Å². The van der Waals surface area contributed by atoms with Crippen molar-refractivity contribution in [1.29, 1.82) is 0 Å². The zero-order valence-corrected chi connectivity index (χ0v) is 11.6. The molecule has 3 heteroatoms. The van der Waals surface area contributed by atoms with Crippen LogP contribution in [-0.2, 0) is 0 Å². The lowest BCUT2D eigenvalue weighted by molar-refractivity contribution is 0.170. The second kappa shape index (κ2) is 6.27. The second-order valence-corrected chi connectivity index (χ2v) is 6.82. The molecule has 0 saturated carbocycles. The number of hydrogen-bond acceptors (Lipinski definition) is 3. The Morgan fingerprint density at radius 1 is 1.25 bits per heavy atom. The lowest BCUT2D eigenvalue weighted by Crippen LogP contribution is -2.48. The summed E-state index contributed by atoms with van der Waals surface area (Å²) in [6.45, 7) is 6.18. The fourth-order valence-corrected chi connectivity index (χ4v) is 4.13. The summed E-state index contributed by atoms with van der Waals surface area (Å²) in [6.07, 6.45) is 4.19. The molecule has 2 saturated heterocycles. The Labute approximate surface area is 105 Å². The number of rotatable bonds is 3. The average Bonchev–Trinajstić information content (AvgIpc) is 2.29. The van der Waals surface area contributed by atoms with Gasteiger partial charge in [0.05, 0.1) is 0 Å². The minimum atomic E-state index is 0.769. The van der Waals surface area contributed by atoms with Crippen molar-refractivity contribution < 1.29 is 0 Å². The van der Waals surface area contributed by atoms with E-state index in [4.69, 9.17) is 0 Å². The van der Waals surface area contributed by atoms with Crippen LogP contribution in [0.5, 0.6) is 0 Å². The van der Waals surface area contributed by atoms with Crippen LogP contribution in [0, 0.1) is 11.8 Å². The van der Waals surface area contributed by atoms with Gasteiger partial charge in [-0.3, -0.25) is 0 Å². The molecule has 0 spiro atoms. The maximum absolute atomic E-state index is 3.83. The van der Waals surface area contributed by atoms with Crippen LogP contribution in [0.15, 0.2) is 0 Å². The van der Waals surface area contributed by atoms with Gasteiger partial charge in [-0.15, -0.1) is 0 Å². The van der Waals surface area contributed by atoms with Gasteiger partial charge in [0.1, 0.15) is 0 Å². The van der Waals surface area contributed by atoms with E-state index in [0.717, 1.165) is 17.9 Å². The number of nitrogens with one attached hydrogen (secondary N) is 1. The van der Waals surface area contributed by atoms with E-state index in [1.54, 1.807) is 0 Å². The second-order valence-electron chi connectivity index (χ2n) is 5.60. The van der Waals surface area contributed by atoms with E-state index in [1.165, 1.54) is 50.4 Å². The van der Waals surface area contributed by atoms with E-state index in [2.05, 4.69) is 35.9 Å². The summed E-state index contributed by atoms with van der Waals surface area (Å²) in [5.74, 6) is 4.54. The fourth-order valence-electron chi connectivity index (χ4n) is 2.93. The van der Waals surface area contributed by atoms with Crippen molar-refractivity contribution in [2.24, 2.45) is 11.8 Å². The van der Waals surface area contributed by atoms with Gasteiger partial charge in [0.2, 0.25) is 0 Å². The molecule has 2 rings (SSSR count). The maximum atomic E-state index is 3.83. The van der Waals surface area contributed by atoms with Crippen molar-refractivity contribution in [3.8, 4) is 0 Å². The van der Waals surface area contributed by atoms with Crippen LogP contribution in [0.4, 0.5) is 0 Å². The smallest absolute Gasteiger partial charge is 0.0117 e. The number of nitrogens with zero attached hydrogens (tertiary/aromatic N) is 1. The predicted octanol–water partition coefficient (Wildman–Crippen LogP) is 2.06. The molecule has 0 aromatic rings. The Kier molecular flexibility index (Phi) is 4.98. The van der Waals surface area contributed by atoms with Crippen molar-refractivity contribution in [3.05, 3.63) is 0 Å². The van der Waals surface area contributed by atoms with Gasteiger partial charge in [-0.25, -0.2) is 0 Å². The zero-order valence-electron chi connectivity index (χ0n) is 10.7. The molecule has 0 bridgehead atoms. The van der Waals surface area contributed by atoms with Gasteiger partial charge in [0, 0.05) is 12.6 Å². The lowest BCUT2D eigenvalue weighted by Gasteiger charge is -2.36. The quantitative estimate of drug-likeness (QED) is 0.815. The first kappa shape index (κ1) is 12.7. The topological polar surface area (TPSA) is 15.3 Å². The van der Waals surface area contributed by atoms with Gasteiger partial charge in [-0.2, -0.15) is 11.8 Å². The van der Waals surface area contributed by atoms with Gasteiger partial charge in [0.25, 0.3) is 0 Å². The first-order valence-electron chi connectivity index (χ1n) is 6.75. The fraction of sp³-hybridized carbons (Fsp3) is 1.00. The molecule has 0 aromatic heterocycles. The largest absolute Gasteiger partial charge is 0.313 e. The van der Waals surface area contributed by atoms with E-state index in [-0.39, 0.29) is 0 Å². The molecule has 2 fully saturated rings. The van der Waals surface area contributed by atoms with Gasteiger partial charge in [-0.1, -0.05) is 6.92 Å². The SMILES string of the molecule is CC1CN(C)CCC1NCC1CCSCC1. The first-order chi connectivity index (χ1) is 7.75. The Morgan fingerprint density at radius 2 is 2.00 bits per heavy atom. The summed E-state index contributed by atoms with van der Waals surface area (Å²) < 4.78 is 0. The molecule has 2 aliphatic heterocycles.